The van der Waals surface area contributed by atoms with Crippen LogP contribution in [0.25, 0.3) is 0 Å². The molecule has 0 aromatic heterocycles. The molecule has 17 heavy (non-hydrogen) atoms. The van der Waals surface area contributed by atoms with Gasteiger partial charge in [0.25, 0.3) is 0 Å². The van der Waals surface area contributed by atoms with Gasteiger partial charge in [0.2, 0.25) is 0 Å². The molecule has 98 valence electrons. The van der Waals surface area contributed by atoms with Gasteiger partial charge in [0, 0.05) is 12.0 Å². The first-order valence-corrected chi connectivity index (χ1v) is 7.56. The highest BCUT2D eigenvalue weighted by Gasteiger charge is 2.55. The molecule has 0 saturated heterocycles. The molecule has 0 unspecified atom stereocenters. The van der Waals surface area contributed by atoms with Crippen molar-refractivity contribution in [1.82, 2.24) is 0 Å². The Labute approximate surface area is 105 Å². The van der Waals surface area contributed by atoms with E-state index in [1.165, 1.54) is 44.9 Å². The highest BCUT2D eigenvalue weighted by Crippen LogP contribution is 2.59. The minimum absolute atomic E-state index is 0.0905. The largest absolute Gasteiger partial charge is 0.389 e. The standard InChI is InChI=1S/C15H27NO/c16-12-14(6-3-7-14)15(17)10-8-13(9-11-15)4-1-2-5-13/h17H,1-12,16H2. The SMILES string of the molecule is NCC1(C2(O)CCC3(CCCC3)CC2)CCC1. The summed E-state index contributed by atoms with van der Waals surface area (Å²) in [5.41, 5.74) is 6.25. The zero-order valence-electron chi connectivity index (χ0n) is 11.0. The molecule has 0 radical (unpaired) electrons. The fraction of sp³-hybridized carbons (Fsp3) is 1.00. The lowest BCUT2D eigenvalue weighted by atomic mass is 9.52. The summed E-state index contributed by atoms with van der Waals surface area (Å²) in [6, 6.07) is 0. The first-order valence-electron chi connectivity index (χ1n) is 7.56. The average molecular weight is 237 g/mol. The molecule has 0 aliphatic heterocycles. The summed E-state index contributed by atoms with van der Waals surface area (Å²) in [6.45, 7) is 0.691. The molecule has 3 aliphatic rings. The maximum Gasteiger partial charge on any atom is 0.0716 e. The Balaban J connectivity index is 1.70. The predicted octanol–water partition coefficient (Wildman–Crippen LogP) is 2.98. The third-order valence-electron chi connectivity index (χ3n) is 6.49. The summed E-state index contributed by atoms with van der Waals surface area (Å²) < 4.78 is 0. The fourth-order valence-electron chi connectivity index (χ4n) is 4.81. The summed E-state index contributed by atoms with van der Waals surface area (Å²) in [5.74, 6) is 0. The minimum atomic E-state index is -0.423. The van der Waals surface area contributed by atoms with Crippen LogP contribution in [0.5, 0.6) is 0 Å². The van der Waals surface area contributed by atoms with E-state index in [9.17, 15) is 5.11 Å². The van der Waals surface area contributed by atoms with Gasteiger partial charge in [0.1, 0.15) is 0 Å². The van der Waals surface area contributed by atoms with E-state index < -0.39 is 5.60 Å². The molecule has 3 N–H and O–H groups in total. The minimum Gasteiger partial charge on any atom is -0.389 e. The Bertz CT molecular complexity index is 274. The summed E-state index contributed by atoms with van der Waals surface area (Å²) in [6.07, 6.45) is 13.8. The first-order chi connectivity index (χ1) is 8.14. The second-order valence-electron chi connectivity index (χ2n) is 7.08. The number of nitrogens with two attached hydrogens (primary N) is 1. The van der Waals surface area contributed by atoms with E-state index in [2.05, 4.69) is 0 Å². The predicted molar refractivity (Wildman–Crippen MR) is 69.7 cm³/mol. The van der Waals surface area contributed by atoms with E-state index >= 15 is 0 Å². The number of rotatable bonds is 2. The van der Waals surface area contributed by atoms with Gasteiger partial charge in [-0.2, -0.15) is 0 Å². The van der Waals surface area contributed by atoms with Crippen LogP contribution < -0.4 is 5.73 Å². The van der Waals surface area contributed by atoms with Crippen molar-refractivity contribution in [1.29, 1.82) is 0 Å². The van der Waals surface area contributed by atoms with Gasteiger partial charge >= 0.3 is 0 Å². The van der Waals surface area contributed by atoms with Gasteiger partial charge in [-0.15, -0.1) is 0 Å². The second kappa shape index (κ2) is 3.96. The summed E-state index contributed by atoms with van der Waals surface area (Å²) in [5, 5.41) is 11.0. The van der Waals surface area contributed by atoms with Crippen LogP contribution in [0.4, 0.5) is 0 Å². The van der Waals surface area contributed by atoms with Crippen LogP contribution in [0.1, 0.15) is 70.6 Å². The smallest absolute Gasteiger partial charge is 0.0716 e. The molecule has 3 rings (SSSR count). The van der Waals surface area contributed by atoms with Crippen molar-refractivity contribution in [3.05, 3.63) is 0 Å². The lowest BCUT2D eigenvalue weighted by Crippen LogP contribution is -2.58. The van der Waals surface area contributed by atoms with E-state index in [0.717, 1.165) is 25.7 Å². The molecule has 1 spiro atoms. The third kappa shape index (κ3) is 1.67. The Morgan fingerprint density at radius 3 is 1.76 bits per heavy atom. The van der Waals surface area contributed by atoms with Crippen LogP contribution in [-0.4, -0.2) is 17.3 Å². The molecule has 0 amide bonds. The van der Waals surface area contributed by atoms with E-state index in [4.69, 9.17) is 5.73 Å². The Morgan fingerprint density at radius 2 is 1.35 bits per heavy atom. The molecule has 3 saturated carbocycles. The van der Waals surface area contributed by atoms with E-state index in [0.29, 0.717) is 12.0 Å². The lowest BCUT2D eigenvalue weighted by Gasteiger charge is -2.57. The Morgan fingerprint density at radius 1 is 0.765 bits per heavy atom. The van der Waals surface area contributed by atoms with Crippen molar-refractivity contribution in [3.63, 3.8) is 0 Å². The first kappa shape index (κ1) is 12.0. The highest BCUT2D eigenvalue weighted by molar-refractivity contribution is 5.08. The van der Waals surface area contributed by atoms with Crippen LogP contribution in [-0.2, 0) is 0 Å². The van der Waals surface area contributed by atoms with E-state index in [1.807, 2.05) is 0 Å². The van der Waals surface area contributed by atoms with Crippen molar-refractivity contribution in [2.75, 3.05) is 6.54 Å². The molecule has 0 aromatic carbocycles. The quantitative estimate of drug-likeness (QED) is 0.775. The van der Waals surface area contributed by atoms with Crippen molar-refractivity contribution in [3.8, 4) is 0 Å². The van der Waals surface area contributed by atoms with Crippen LogP contribution >= 0.6 is 0 Å². The maximum absolute atomic E-state index is 11.0. The molecular weight excluding hydrogens is 210 g/mol. The van der Waals surface area contributed by atoms with Crippen LogP contribution in [0, 0.1) is 10.8 Å². The van der Waals surface area contributed by atoms with Crippen molar-refractivity contribution in [2.45, 2.75) is 76.2 Å². The van der Waals surface area contributed by atoms with Crippen molar-refractivity contribution >= 4 is 0 Å². The molecule has 3 aliphatic carbocycles. The highest BCUT2D eigenvalue weighted by atomic mass is 16.3. The number of aliphatic hydroxyl groups is 1. The Hall–Kier alpha value is -0.0800. The van der Waals surface area contributed by atoms with Gasteiger partial charge in [-0.3, -0.25) is 0 Å². The van der Waals surface area contributed by atoms with Gasteiger partial charge in [-0.25, -0.2) is 0 Å². The topological polar surface area (TPSA) is 46.2 Å². The van der Waals surface area contributed by atoms with Crippen LogP contribution in [0.3, 0.4) is 0 Å². The van der Waals surface area contributed by atoms with Gasteiger partial charge in [0.05, 0.1) is 5.60 Å². The van der Waals surface area contributed by atoms with Gasteiger partial charge in [-0.05, 0) is 56.8 Å². The van der Waals surface area contributed by atoms with E-state index in [1.54, 1.807) is 0 Å². The monoisotopic (exact) mass is 237 g/mol. The molecule has 2 heteroatoms. The zero-order chi connectivity index (χ0) is 12.0. The lowest BCUT2D eigenvalue weighted by molar-refractivity contribution is -0.157. The number of hydrogen-bond acceptors (Lipinski definition) is 2. The van der Waals surface area contributed by atoms with Gasteiger partial charge in [0.15, 0.2) is 0 Å². The molecule has 2 nitrogen and oxygen atoms in total. The van der Waals surface area contributed by atoms with Gasteiger partial charge in [-0.1, -0.05) is 19.3 Å². The van der Waals surface area contributed by atoms with Crippen molar-refractivity contribution < 1.29 is 5.11 Å². The second-order valence-corrected chi connectivity index (χ2v) is 7.08. The van der Waals surface area contributed by atoms with Crippen LogP contribution in [0.15, 0.2) is 0 Å². The molecular formula is C15H27NO. The molecule has 0 atom stereocenters. The number of hydrogen-bond donors (Lipinski definition) is 2. The summed E-state index contributed by atoms with van der Waals surface area (Å²) >= 11 is 0. The Kier molecular flexibility index (Phi) is 2.79. The molecule has 0 bridgehead atoms. The van der Waals surface area contributed by atoms with Crippen LogP contribution in [0.2, 0.25) is 0 Å². The molecule has 0 aromatic rings. The maximum atomic E-state index is 11.0. The third-order valence-corrected chi connectivity index (χ3v) is 6.49. The average Bonchev–Trinajstić information content (AvgIpc) is 2.72. The zero-order valence-corrected chi connectivity index (χ0v) is 11.0. The fourth-order valence-corrected chi connectivity index (χ4v) is 4.81. The van der Waals surface area contributed by atoms with Crippen molar-refractivity contribution in [2.24, 2.45) is 16.6 Å². The normalized spacial score (nSPS) is 33.5. The van der Waals surface area contributed by atoms with Gasteiger partial charge < -0.3 is 10.8 Å². The van der Waals surface area contributed by atoms with E-state index in [-0.39, 0.29) is 5.41 Å². The molecule has 3 fully saturated rings. The molecule has 0 heterocycles. The summed E-state index contributed by atoms with van der Waals surface area (Å²) in [7, 11) is 0. The summed E-state index contributed by atoms with van der Waals surface area (Å²) in [4.78, 5) is 0.